The third-order valence-electron chi connectivity index (χ3n) is 2.26. The van der Waals surface area contributed by atoms with Crippen molar-refractivity contribution in [2.75, 3.05) is 7.11 Å². The SMILES string of the molecule is [C-]#[N+]c1ccc(OC)cc1Sc1ccccc1. The lowest BCUT2D eigenvalue weighted by Crippen LogP contribution is -1.82. The van der Waals surface area contributed by atoms with Crippen LogP contribution in [0.2, 0.25) is 0 Å². The van der Waals surface area contributed by atoms with E-state index in [0.29, 0.717) is 5.69 Å². The summed E-state index contributed by atoms with van der Waals surface area (Å²) in [5.74, 6) is 0.774. The summed E-state index contributed by atoms with van der Waals surface area (Å²) in [6.07, 6.45) is 0. The predicted octanol–water partition coefficient (Wildman–Crippen LogP) is 4.40. The van der Waals surface area contributed by atoms with Crippen molar-refractivity contribution in [1.29, 1.82) is 0 Å². The first kappa shape index (κ1) is 11.6. The lowest BCUT2D eigenvalue weighted by molar-refractivity contribution is 0.414. The zero-order valence-electron chi connectivity index (χ0n) is 9.38. The number of rotatable bonds is 3. The van der Waals surface area contributed by atoms with Gasteiger partial charge in [-0.3, -0.25) is 0 Å². The maximum atomic E-state index is 7.15. The molecule has 3 heteroatoms. The third-order valence-corrected chi connectivity index (χ3v) is 3.31. The van der Waals surface area contributed by atoms with E-state index in [0.717, 1.165) is 15.5 Å². The van der Waals surface area contributed by atoms with Gasteiger partial charge in [0.05, 0.1) is 13.7 Å². The van der Waals surface area contributed by atoms with Crippen molar-refractivity contribution in [2.24, 2.45) is 0 Å². The molecule has 0 aliphatic carbocycles. The van der Waals surface area contributed by atoms with Crippen LogP contribution in [0.1, 0.15) is 0 Å². The number of nitrogens with zero attached hydrogens (tertiary/aromatic N) is 1. The molecule has 0 amide bonds. The zero-order valence-corrected chi connectivity index (χ0v) is 10.2. The fourth-order valence-electron chi connectivity index (χ4n) is 1.41. The predicted molar refractivity (Wildman–Crippen MR) is 69.8 cm³/mol. The van der Waals surface area contributed by atoms with Gasteiger partial charge in [-0.05, 0) is 24.3 Å². The van der Waals surface area contributed by atoms with E-state index in [9.17, 15) is 0 Å². The number of benzene rings is 2. The number of hydrogen-bond acceptors (Lipinski definition) is 2. The van der Waals surface area contributed by atoms with Gasteiger partial charge >= 0.3 is 0 Å². The fraction of sp³-hybridized carbons (Fsp3) is 0.0714. The monoisotopic (exact) mass is 241 g/mol. The van der Waals surface area contributed by atoms with E-state index in [4.69, 9.17) is 11.3 Å². The number of methoxy groups -OCH3 is 1. The second-order valence-electron chi connectivity index (χ2n) is 3.36. The van der Waals surface area contributed by atoms with Gasteiger partial charge in [-0.15, -0.1) is 11.8 Å². The molecule has 0 bridgehead atoms. The van der Waals surface area contributed by atoms with Crippen LogP contribution in [0.5, 0.6) is 5.75 Å². The summed E-state index contributed by atoms with van der Waals surface area (Å²) in [5, 5.41) is 0. The smallest absolute Gasteiger partial charge is 0.201 e. The second-order valence-corrected chi connectivity index (χ2v) is 4.48. The minimum absolute atomic E-state index is 0.652. The average molecular weight is 241 g/mol. The summed E-state index contributed by atoms with van der Waals surface area (Å²) in [7, 11) is 1.63. The van der Waals surface area contributed by atoms with Crippen molar-refractivity contribution in [3.05, 3.63) is 59.9 Å². The summed E-state index contributed by atoms with van der Waals surface area (Å²) in [6.45, 7) is 7.15. The molecule has 17 heavy (non-hydrogen) atoms. The lowest BCUT2D eigenvalue weighted by Gasteiger charge is -2.06. The van der Waals surface area contributed by atoms with Crippen molar-refractivity contribution >= 4 is 17.4 Å². The molecule has 2 aromatic rings. The lowest BCUT2D eigenvalue weighted by atomic mass is 10.3. The van der Waals surface area contributed by atoms with Crippen LogP contribution >= 0.6 is 11.8 Å². The Bertz CT molecular complexity index is 546. The Morgan fingerprint density at radius 3 is 2.53 bits per heavy atom. The van der Waals surface area contributed by atoms with Crippen LogP contribution < -0.4 is 4.74 Å². The first-order chi connectivity index (χ1) is 8.33. The van der Waals surface area contributed by atoms with Crippen LogP contribution in [0.25, 0.3) is 4.85 Å². The van der Waals surface area contributed by atoms with Gasteiger partial charge in [-0.1, -0.05) is 24.3 Å². The Hall–Kier alpha value is -1.92. The van der Waals surface area contributed by atoms with Crippen LogP contribution in [0.4, 0.5) is 5.69 Å². The van der Waals surface area contributed by atoms with E-state index in [1.807, 2.05) is 42.5 Å². The molecule has 0 heterocycles. The number of ether oxygens (including phenoxy) is 1. The van der Waals surface area contributed by atoms with Crippen LogP contribution in [0, 0.1) is 6.57 Å². The molecule has 0 N–H and O–H groups in total. The first-order valence-electron chi connectivity index (χ1n) is 5.12. The van der Waals surface area contributed by atoms with Crippen molar-refractivity contribution in [1.82, 2.24) is 0 Å². The molecule has 0 radical (unpaired) electrons. The maximum absolute atomic E-state index is 7.15. The Kier molecular flexibility index (Phi) is 3.69. The molecule has 0 fully saturated rings. The van der Waals surface area contributed by atoms with Gasteiger partial charge in [0.2, 0.25) is 5.69 Å². The molecule has 0 unspecified atom stereocenters. The summed E-state index contributed by atoms with van der Waals surface area (Å²) in [6, 6.07) is 15.5. The zero-order chi connectivity index (χ0) is 12.1. The molecule has 2 rings (SSSR count). The Balaban J connectivity index is 2.34. The molecule has 0 aliphatic rings. The molecule has 0 saturated heterocycles. The van der Waals surface area contributed by atoms with E-state index in [1.165, 1.54) is 0 Å². The van der Waals surface area contributed by atoms with E-state index in [-0.39, 0.29) is 0 Å². The summed E-state index contributed by atoms with van der Waals surface area (Å²) in [4.78, 5) is 5.55. The molecule has 0 aromatic heterocycles. The molecule has 2 aromatic carbocycles. The molecule has 0 atom stereocenters. The molecular formula is C14H11NOS. The molecular weight excluding hydrogens is 230 g/mol. The van der Waals surface area contributed by atoms with Gasteiger partial charge in [-0.2, -0.15) is 0 Å². The van der Waals surface area contributed by atoms with Gasteiger partial charge in [0, 0.05) is 9.79 Å². The van der Waals surface area contributed by atoms with E-state index >= 15 is 0 Å². The van der Waals surface area contributed by atoms with Gasteiger partial charge < -0.3 is 4.74 Å². The van der Waals surface area contributed by atoms with Gasteiger partial charge in [0.1, 0.15) is 5.75 Å². The highest BCUT2D eigenvalue weighted by Gasteiger charge is 2.05. The summed E-state index contributed by atoms with van der Waals surface area (Å²) < 4.78 is 5.18. The van der Waals surface area contributed by atoms with E-state index in [1.54, 1.807) is 24.9 Å². The third kappa shape index (κ3) is 2.80. The molecule has 84 valence electrons. The highest BCUT2D eigenvalue weighted by atomic mass is 32.2. The van der Waals surface area contributed by atoms with Crippen molar-refractivity contribution in [3.8, 4) is 5.75 Å². The minimum Gasteiger partial charge on any atom is -0.497 e. The minimum atomic E-state index is 0.652. The highest BCUT2D eigenvalue weighted by Crippen LogP contribution is 2.37. The van der Waals surface area contributed by atoms with Crippen molar-refractivity contribution < 1.29 is 4.74 Å². The van der Waals surface area contributed by atoms with Crippen molar-refractivity contribution in [3.63, 3.8) is 0 Å². The fourth-order valence-corrected chi connectivity index (χ4v) is 2.35. The Morgan fingerprint density at radius 1 is 1.12 bits per heavy atom. The van der Waals surface area contributed by atoms with Crippen LogP contribution in [-0.2, 0) is 0 Å². The molecule has 2 nitrogen and oxygen atoms in total. The number of hydrogen-bond donors (Lipinski definition) is 0. The molecule has 0 aliphatic heterocycles. The largest absolute Gasteiger partial charge is 0.497 e. The Morgan fingerprint density at radius 2 is 1.88 bits per heavy atom. The highest BCUT2D eigenvalue weighted by molar-refractivity contribution is 7.99. The summed E-state index contributed by atoms with van der Waals surface area (Å²) >= 11 is 1.57. The van der Waals surface area contributed by atoms with Crippen LogP contribution in [0.15, 0.2) is 58.3 Å². The van der Waals surface area contributed by atoms with Crippen molar-refractivity contribution in [2.45, 2.75) is 9.79 Å². The Labute approximate surface area is 105 Å². The first-order valence-corrected chi connectivity index (χ1v) is 5.93. The quantitative estimate of drug-likeness (QED) is 0.739. The van der Waals surface area contributed by atoms with Gasteiger partial charge in [0.25, 0.3) is 0 Å². The van der Waals surface area contributed by atoms with Gasteiger partial charge in [0.15, 0.2) is 0 Å². The molecule has 0 saturated carbocycles. The normalized spacial score (nSPS) is 9.65. The van der Waals surface area contributed by atoms with Gasteiger partial charge in [-0.25, -0.2) is 4.85 Å². The maximum Gasteiger partial charge on any atom is 0.201 e. The van der Waals surface area contributed by atoms with E-state index < -0.39 is 0 Å². The topological polar surface area (TPSA) is 13.6 Å². The summed E-state index contributed by atoms with van der Waals surface area (Å²) in [5.41, 5.74) is 0.652. The standard InChI is InChI=1S/C14H11NOS/c1-15-13-9-8-11(16-2)10-14(13)17-12-6-4-3-5-7-12/h3-10H,2H3. The second kappa shape index (κ2) is 5.42. The van der Waals surface area contributed by atoms with E-state index in [2.05, 4.69) is 4.85 Å². The van der Waals surface area contributed by atoms with Crippen LogP contribution in [-0.4, -0.2) is 7.11 Å². The molecule has 0 spiro atoms. The average Bonchev–Trinajstić information content (AvgIpc) is 2.40. The van der Waals surface area contributed by atoms with Crippen LogP contribution in [0.3, 0.4) is 0 Å².